The second-order valence-corrected chi connectivity index (χ2v) is 8.05. The number of amides is 1. The lowest BCUT2D eigenvalue weighted by Gasteiger charge is -2.26. The maximum atomic E-state index is 12.7. The number of ether oxygens (including phenoxy) is 1. The smallest absolute Gasteiger partial charge is 0.223 e. The lowest BCUT2D eigenvalue weighted by Crippen LogP contribution is -2.46. The summed E-state index contributed by atoms with van der Waals surface area (Å²) in [5.74, 6) is 1.39. The minimum Gasteiger partial charge on any atom is -0.497 e. The van der Waals surface area contributed by atoms with Crippen LogP contribution in [0.3, 0.4) is 0 Å². The lowest BCUT2D eigenvalue weighted by molar-refractivity contribution is -0.126. The van der Waals surface area contributed by atoms with Gasteiger partial charge in [0.25, 0.3) is 0 Å². The van der Waals surface area contributed by atoms with Gasteiger partial charge < -0.3 is 15.4 Å². The third-order valence-corrected chi connectivity index (χ3v) is 6.48. The third-order valence-electron chi connectivity index (χ3n) is 6.48. The predicted molar refractivity (Wildman–Crippen MR) is 102 cm³/mol. The van der Waals surface area contributed by atoms with Gasteiger partial charge in [0.1, 0.15) is 5.75 Å². The molecular formula is C21H31N3O2. The largest absolute Gasteiger partial charge is 0.497 e. The number of hydrogen-bond donors (Lipinski definition) is 2. The van der Waals surface area contributed by atoms with Crippen molar-refractivity contribution in [2.75, 3.05) is 20.2 Å². The molecule has 26 heavy (non-hydrogen) atoms. The molecule has 0 radical (unpaired) electrons. The van der Waals surface area contributed by atoms with Crippen LogP contribution in [0.2, 0.25) is 0 Å². The highest BCUT2D eigenvalue weighted by Gasteiger charge is 2.46. The van der Waals surface area contributed by atoms with Crippen molar-refractivity contribution >= 4 is 5.91 Å². The van der Waals surface area contributed by atoms with Crippen molar-refractivity contribution in [3.63, 3.8) is 0 Å². The summed E-state index contributed by atoms with van der Waals surface area (Å²) in [6.07, 6.45) is 6.69. The highest BCUT2D eigenvalue weighted by molar-refractivity contribution is 5.79. The Morgan fingerprint density at radius 2 is 2.04 bits per heavy atom. The second kappa shape index (κ2) is 7.97. The van der Waals surface area contributed by atoms with Crippen LogP contribution in [-0.2, 0) is 11.3 Å². The van der Waals surface area contributed by atoms with E-state index in [2.05, 4.69) is 27.7 Å². The van der Waals surface area contributed by atoms with Crippen LogP contribution in [0.4, 0.5) is 0 Å². The SMILES string of the molecule is COc1ccc(CN2[C@H]3CC[C@@H]2[C@H](NC(=O)C2CCCNCC2)C3)cc1. The molecule has 1 aromatic rings. The van der Waals surface area contributed by atoms with Gasteiger partial charge in [0.05, 0.1) is 7.11 Å². The average Bonchev–Trinajstić information content (AvgIpc) is 3.05. The number of hydrogen-bond acceptors (Lipinski definition) is 4. The zero-order valence-corrected chi connectivity index (χ0v) is 15.7. The molecule has 0 spiro atoms. The normalized spacial score (nSPS) is 31.6. The molecule has 3 aliphatic rings. The van der Waals surface area contributed by atoms with Gasteiger partial charge in [-0.25, -0.2) is 0 Å². The van der Waals surface area contributed by atoms with Crippen LogP contribution in [0.1, 0.15) is 44.1 Å². The summed E-state index contributed by atoms with van der Waals surface area (Å²) in [4.78, 5) is 15.4. The zero-order chi connectivity index (χ0) is 17.9. The van der Waals surface area contributed by atoms with Crippen LogP contribution in [-0.4, -0.2) is 49.1 Å². The number of nitrogens with zero attached hydrogens (tertiary/aromatic N) is 1. The van der Waals surface area contributed by atoms with Gasteiger partial charge in [0, 0.05) is 30.6 Å². The maximum absolute atomic E-state index is 12.7. The van der Waals surface area contributed by atoms with Crippen LogP contribution >= 0.6 is 0 Å². The third kappa shape index (κ3) is 3.74. The molecule has 1 amide bonds. The number of rotatable bonds is 5. The van der Waals surface area contributed by atoms with E-state index in [1.165, 1.54) is 18.4 Å². The summed E-state index contributed by atoms with van der Waals surface area (Å²) < 4.78 is 5.26. The number of carbonyl (C=O) groups is 1. The van der Waals surface area contributed by atoms with Crippen molar-refractivity contribution in [3.05, 3.63) is 29.8 Å². The lowest BCUT2D eigenvalue weighted by atomic mass is 9.93. The maximum Gasteiger partial charge on any atom is 0.223 e. The van der Waals surface area contributed by atoms with Crippen LogP contribution in [0.25, 0.3) is 0 Å². The Hall–Kier alpha value is -1.59. The Kier molecular flexibility index (Phi) is 5.46. The van der Waals surface area contributed by atoms with Gasteiger partial charge >= 0.3 is 0 Å². The molecule has 1 unspecified atom stereocenters. The quantitative estimate of drug-likeness (QED) is 0.849. The summed E-state index contributed by atoms with van der Waals surface area (Å²) in [5, 5.41) is 6.81. The molecule has 4 atom stereocenters. The number of nitrogens with one attached hydrogen (secondary N) is 2. The number of methoxy groups -OCH3 is 1. The molecule has 2 N–H and O–H groups in total. The van der Waals surface area contributed by atoms with Crippen molar-refractivity contribution in [1.29, 1.82) is 0 Å². The Balaban J connectivity index is 1.35. The monoisotopic (exact) mass is 357 g/mol. The highest BCUT2D eigenvalue weighted by atomic mass is 16.5. The van der Waals surface area contributed by atoms with Crippen LogP contribution in [0, 0.1) is 5.92 Å². The van der Waals surface area contributed by atoms with Crippen LogP contribution in [0.15, 0.2) is 24.3 Å². The number of benzene rings is 1. The molecular weight excluding hydrogens is 326 g/mol. The highest BCUT2D eigenvalue weighted by Crippen LogP contribution is 2.39. The molecule has 4 rings (SSSR count). The average molecular weight is 357 g/mol. The fourth-order valence-electron chi connectivity index (χ4n) is 5.03. The van der Waals surface area contributed by atoms with Gasteiger partial charge in [0.15, 0.2) is 0 Å². The molecule has 3 aliphatic heterocycles. The zero-order valence-electron chi connectivity index (χ0n) is 15.7. The van der Waals surface area contributed by atoms with E-state index in [9.17, 15) is 4.79 Å². The van der Waals surface area contributed by atoms with E-state index in [-0.39, 0.29) is 11.8 Å². The molecule has 3 fully saturated rings. The molecule has 3 saturated heterocycles. The molecule has 5 nitrogen and oxygen atoms in total. The first-order valence-corrected chi connectivity index (χ1v) is 10.1. The number of carbonyl (C=O) groups excluding carboxylic acids is 1. The fourth-order valence-corrected chi connectivity index (χ4v) is 5.03. The minimum absolute atomic E-state index is 0.194. The Morgan fingerprint density at radius 3 is 2.85 bits per heavy atom. The first-order chi connectivity index (χ1) is 12.7. The molecule has 3 heterocycles. The van der Waals surface area contributed by atoms with E-state index in [1.54, 1.807) is 7.11 Å². The fraction of sp³-hybridized carbons (Fsp3) is 0.667. The summed E-state index contributed by atoms with van der Waals surface area (Å²) in [7, 11) is 1.70. The van der Waals surface area contributed by atoms with Gasteiger partial charge in [-0.3, -0.25) is 9.69 Å². The van der Waals surface area contributed by atoms with E-state index in [0.717, 1.165) is 51.1 Å². The van der Waals surface area contributed by atoms with E-state index in [0.29, 0.717) is 18.1 Å². The standard InChI is InChI=1S/C21H31N3O2/c1-26-18-7-4-15(5-8-18)14-24-17-6-9-20(24)19(13-17)23-21(25)16-3-2-11-22-12-10-16/h4-5,7-8,16-17,19-20,22H,2-3,6,9-14H2,1H3,(H,23,25)/t16?,17-,19+,20+/m0/s1. The first kappa shape index (κ1) is 17.8. The first-order valence-electron chi connectivity index (χ1n) is 10.1. The van der Waals surface area contributed by atoms with E-state index < -0.39 is 0 Å². The number of fused-ring (bicyclic) bond motifs is 2. The molecule has 5 heteroatoms. The van der Waals surface area contributed by atoms with Crippen molar-refractivity contribution in [2.45, 2.75) is 63.2 Å². The predicted octanol–water partition coefficient (Wildman–Crippen LogP) is 2.31. The molecule has 1 aromatic carbocycles. The molecule has 2 bridgehead atoms. The van der Waals surface area contributed by atoms with E-state index >= 15 is 0 Å². The van der Waals surface area contributed by atoms with Gasteiger partial charge in [0.2, 0.25) is 5.91 Å². The Bertz CT molecular complexity index is 610. The summed E-state index contributed by atoms with van der Waals surface area (Å²) >= 11 is 0. The van der Waals surface area contributed by atoms with Crippen LogP contribution in [0.5, 0.6) is 5.75 Å². The molecule has 0 saturated carbocycles. The van der Waals surface area contributed by atoms with Crippen molar-refractivity contribution in [2.24, 2.45) is 5.92 Å². The van der Waals surface area contributed by atoms with Crippen molar-refractivity contribution in [1.82, 2.24) is 15.5 Å². The minimum atomic E-state index is 0.194. The van der Waals surface area contributed by atoms with E-state index in [4.69, 9.17) is 4.74 Å². The van der Waals surface area contributed by atoms with Crippen molar-refractivity contribution in [3.8, 4) is 5.75 Å². The van der Waals surface area contributed by atoms with Crippen molar-refractivity contribution < 1.29 is 9.53 Å². The van der Waals surface area contributed by atoms with Gasteiger partial charge in [-0.15, -0.1) is 0 Å². The van der Waals surface area contributed by atoms with Gasteiger partial charge in [-0.05, 0) is 69.3 Å². The summed E-state index contributed by atoms with van der Waals surface area (Å²) in [5.41, 5.74) is 1.32. The van der Waals surface area contributed by atoms with Gasteiger partial charge in [-0.2, -0.15) is 0 Å². The topological polar surface area (TPSA) is 53.6 Å². The van der Waals surface area contributed by atoms with Crippen LogP contribution < -0.4 is 15.4 Å². The van der Waals surface area contributed by atoms with Gasteiger partial charge in [-0.1, -0.05) is 12.1 Å². The molecule has 0 aromatic heterocycles. The summed E-state index contributed by atoms with van der Waals surface area (Å²) in [6, 6.07) is 9.82. The Labute approximate surface area is 156 Å². The second-order valence-electron chi connectivity index (χ2n) is 8.05. The molecule has 142 valence electrons. The summed E-state index contributed by atoms with van der Waals surface area (Å²) in [6.45, 7) is 2.99. The van der Waals surface area contributed by atoms with E-state index in [1.807, 2.05) is 12.1 Å². The molecule has 0 aliphatic carbocycles. The Morgan fingerprint density at radius 1 is 1.19 bits per heavy atom.